The molecule has 0 aromatic heterocycles. The van der Waals surface area contributed by atoms with Crippen LogP contribution in [0.5, 0.6) is 0 Å². The summed E-state index contributed by atoms with van der Waals surface area (Å²) in [6.45, 7) is 6.97. The van der Waals surface area contributed by atoms with Gasteiger partial charge >= 0.3 is 0 Å². The molecule has 0 amide bonds. The zero-order chi connectivity index (χ0) is 13.7. The number of fused-ring (bicyclic) bond motifs is 1. The van der Waals surface area contributed by atoms with Crippen LogP contribution in [0.4, 0.5) is 0 Å². The second-order valence-corrected chi connectivity index (χ2v) is 4.42. The summed E-state index contributed by atoms with van der Waals surface area (Å²) in [7, 11) is 0. The van der Waals surface area contributed by atoms with Gasteiger partial charge in [-0.3, -0.25) is 9.98 Å². The number of aliphatic imine (C=N–C) groups is 4. The van der Waals surface area contributed by atoms with Crippen LogP contribution in [0.25, 0.3) is 0 Å². The van der Waals surface area contributed by atoms with Crippen molar-refractivity contribution in [2.24, 2.45) is 20.0 Å². The topological polar surface area (TPSA) is 84.9 Å². The number of hydrogen-bond donors (Lipinski definition) is 2. The molecule has 2 atom stereocenters. The number of hydrogen-bond acceptors (Lipinski definition) is 6. The third-order valence-corrected chi connectivity index (χ3v) is 3.15. The fourth-order valence-corrected chi connectivity index (χ4v) is 2.01. The van der Waals surface area contributed by atoms with Gasteiger partial charge in [-0.25, -0.2) is 9.98 Å². The summed E-state index contributed by atoms with van der Waals surface area (Å²) in [5, 5.41) is 12.9. The lowest BCUT2D eigenvalue weighted by Crippen LogP contribution is -2.41. The number of nitrogens with zero attached hydrogens (tertiary/aromatic N) is 5. The molecule has 0 spiro atoms. The van der Waals surface area contributed by atoms with Crippen LogP contribution >= 0.6 is 0 Å². The van der Waals surface area contributed by atoms with Gasteiger partial charge in [0.2, 0.25) is 0 Å². The van der Waals surface area contributed by atoms with Crippen molar-refractivity contribution in [3.63, 3.8) is 0 Å². The van der Waals surface area contributed by atoms with E-state index < -0.39 is 6.10 Å². The Morgan fingerprint density at radius 3 is 3.00 bits per heavy atom. The zero-order valence-electron chi connectivity index (χ0n) is 11.3. The summed E-state index contributed by atoms with van der Waals surface area (Å²) in [6, 6.07) is -0.231. The van der Waals surface area contributed by atoms with Crippen LogP contribution in [0.15, 0.2) is 20.0 Å². The van der Waals surface area contributed by atoms with Crippen molar-refractivity contribution >= 4 is 24.3 Å². The lowest BCUT2D eigenvalue weighted by atomic mass is 10.2. The molecule has 0 fully saturated rings. The van der Waals surface area contributed by atoms with Crippen LogP contribution < -0.4 is 5.32 Å². The molecule has 2 aliphatic rings. The third kappa shape index (κ3) is 3.45. The molecule has 0 saturated carbocycles. The average Bonchev–Trinajstić information content (AvgIpc) is 2.91. The summed E-state index contributed by atoms with van der Waals surface area (Å²) in [6.07, 6.45) is 2.58. The van der Waals surface area contributed by atoms with E-state index in [1.165, 1.54) is 6.34 Å². The highest BCUT2D eigenvalue weighted by Gasteiger charge is 2.26. The maximum atomic E-state index is 9.97. The zero-order valence-corrected chi connectivity index (χ0v) is 11.3. The highest BCUT2D eigenvalue weighted by molar-refractivity contribution is 6.21. The second-order valence-electron chi connectivity index (χ2n) is 4.42. The molecule has 2 N–H and O–H groups in total. The third-order valence-electron chi connectivity index (χ3n) is 3.15. The standard InChI is InChI=1S/C12H20N6O/c1-3-18(4-2)6-9(19)5-13-11-10-12(15-7-14-10)17-8-16-11/h7-10,19H,3-6H2,1-2H3,(H,13,14,15,16,17). The lowest BCUT2D eigenvalue weighted by Gasteiger charge is -2.21. The predicted molar refractivity (Wildman–Crippen MR) is 77.4 cm³/mol. The number of rotatable bonds is 6. The van der Waals surface area contributed by atoms with Crippen LogP contribution in [0, 0.1) is 0 Å². The summed E-state index contributed by atoms with van der Waals surface area (Å²) in [5.41, 5.74) is 0. The normalized spacial score (nSPS) is 24.5. The molecule has 104 valence electrons. The Morgan fingerprint density at radius 1 is 1.47 bits per heavy atom. The number of nitrogens with one attached hydrogen (secondary N) is 1. The Morgan fingerprint density at radius 2 is 2.26 bits per heavy atom. The monoisotopic (exact) mass is 264 g/mol. The van der Waals surface area contributed by atoms with Crippen molar-refractivity contribution in [1.29, 1.82) is 0 Å². The smallest absolute Gasteiger partial charge is 0.168 e. The fourth-order valence-electron chi connectivity index (χ4n) is 2.01. The van der Waals surface area contributed by atoms with E-state index in [9.17, 15) is 5.11 Å². The molecule has 0 aliphatic carbocycles. The van der Waals surface area contributed by atoms with Gasteiger partial charge in [0.1, 0.15) is 12.2 Å². The molecule has 0 saturated heterocycles. The van der Waals surface area contributed by atoms with Crippen molar-refractivity contribution in [1.82, 2.24) is 10.2 Å². The van der Waals surface area contributed by atoms with E-state index in [2.05, 4.69) is 44.0 Å². The molecule has 0 aromatic rings. The number of aliphatic hydroxyl groups excluding tert-OH is 1. The molecule has 7 nitrogen and oxygen atoms in total. The molecule has 2 unspecified atom stereocenters. The fraction of sp³-hybridized carbons (Fsp3) is 0.667. The van der Waals surface area contributed by atoms with Crippen molar-refractivity contribution in [2.75, 3.05) is 26.2 Å². The Labute approximate surface area is 112 Å². The highest BCUT2D eigenvalue weighted by Crippen LogP contribution is 2.07. The molecular formula is C12H20N6O. The summed E-state index contributed by atoms with van der Waals surface area (Å²) in [5.74, 6) is 1.34. The minimum Gasteiger partial charge on any atom is -0.390 e. The van der Waals surface area contributed by atoms with E-state index in [0.29, 0.717) is 18.9 Å². The Bertz CT molecular complexity index is 424. The van der Waals surface area contributed by atoms with E-state index in [1.54, 1.807) is 6.34 Å². The Balaban J connectivity index is 1.91. The Hall–Kier alpha value is -1.60. The maximum absolute atomic E-state index is 9.97. The van der Waals surface area contributed by atoms with Gasteiger partial charge in [-0.05, 0) is 13.1 Å². The number of aliphatic hydroxyl groups is 1. The molecule has 0 radical (unpaired) electrons. The highest BCUT2D eigenvalue weighted by atomic mass is 16.3. The first kappa shape index (κ1) is 13.8. The van der Waals surface area contributed by atoms with Crippen molar-refractivity contribution in [3.05, 3.63) is 0 Å². The number of amidine groups is 2. The predicted octanol–water partition coefficient (Wildman–Crippen LogP) is -0.472. The second kappa shape index (κ2) is 6.53. The van der Waals surface area contributed by atoms with Crippen LogP contribution in [0.3, 0.4) is 0 Å². The SMILES string of the molecule is CCN(CC)CC(O)CN=C1N=CNC2=NC=NC12. The lowest BCUT2D eigenvalue weighted by molar-refractivity contribution is 0.125. The van der Waals surface area contributed by atoms with Gasteiger partial charge < -0.3 is 15.3 Å². The van der Waals surface area contributed by atoms with Crippen LogP contribution in [-0.4, -0.2) is 72.7 Å². The summed E-state index contributed by atoms with van der Waals surface area (Å²) >= 11 is 0. The van der Waals surface area contributed by atoms with Gasteiger partial charge in [-0.15, -0.1) is 0 Å². The molecule has 2 rings (SSSR count). The largest absolute Gasteiger partial charge is 0.390 e. The first-order valence-electron chi connectivity index (χ1n) is 6.57. The molecule has 2 aliphatic heterocycles. The van der Waals surface area contributed by atoms with Crippen molar-refractivity contribution in [3.8, 4) is 0 Å². The van der Waals surface area contributed by atoms with E-state index in [-0.39, 0.29) is 6.04 Å². The van der Waals surface area contributed by atoms with Crippen molar-refractivity contribution in [2.45, 2.75) is 26.0 Å². The van der Waals surface area contributed by atoms with Crippen molar-refractivity contribution < 1.29 is 5.11 Å². The van der Waals surface area contributed by atoms with E-state index in [1.807, 2.05) is 0 Å². The minimum absolute atomic E-state index is 0.231. The van der Waals surface area contributed by atoms with Crippen LogP contribution in [-0.2, 0) is 0 Å². The van der Waals surface area contributed by atoms with Crippen LogP contribution in [0.2, 0.25) is 0 Å². The molecule has 2 heterocycles. The molecular weight excluding hydrogens is 244 g/mol. The van der Waals surface area contributed by atoms with Gasteiger partial charge in [0.25, 0.3) is 0 Å². The van der Waals surface area contributed by atoms with Gasteiger partial charge in [0.05, 0.1) is 19.0 Å². The minimum atomic E-state index is -0.483. The van der Waals surface area contributed by atoms with E-state index in [4.69, 9.17) is 0 Å². The van der Waals surface area contributed by atoms with Gasteiger partial charge in [-0.2, -0.15) is 0 Å². The summed E-state index contributed by atoms with van der Waals surface area (Å²) < 4.78 is 0. The van der Waals surface area contributed by atoms with Crippen LogP contribution in [0.1, 0.15) is 13.8 Å². The number of likely N-dealkylation sites (N-methyl/N-ethyl adjacent to an activating group) is 1. The first-order chi connectivity index (χ1) is 9.24. The average molecular weight is 264 g/mol. The maximum Gasteiger partial charge on any atom is 0.168 e. The quantitative estimate of drug-likeness (QED) is 0.680. The molecule has 7 heteroatoms. The molecule has 0 bridgehead atoms. The van der Waals surface area contributed by atoms with Gasteiger partial charge in [0, 0.05) is 6.54 Å². The van der Waals surface area contributed by atoms with E-state index >= 15 is 0 Å². The molecule has 0 aromatic carbocycles. The first-order valence-corrected chi connectivity index (χ1v) is 6.57. The summed E-state index contributed by atoms with van der Waals surface area (Å²) in [4.78, 5) is 18.9. The molecule has 19 heavy (non-hydrogen) atoms. The van der Waals surface area contributed by atoms with Gasteiger partial charge in [0.15, 0.2) is 11.9 Å². The Kier molecular flexibility index (Phi) is 4.75. The van der Waals surface area contributed by atoms with E-state index in [0.717, 1.165) is 18.9 Å². The van der Waals surface area contributed by atoms with Gasteiger partial charge in [-0.1, -0.05) is 13.8 Å².